The van der Waals surface area contributed by atoms with Gasteiger partial charge in [0.05, 0.1) is 13.0 Å². The van der Waals surface area contributed by atoms with Gasteiger partial charge in [0.25, 0.3) is 0 Å². The van der Waals surface area contributed by atoms with E-state index >= 15 is 0 Å². The molecule has 2 aromatic rings. The smallest absolute Gasteiger partial charge is 0.231 e. The van der Waals surface area contributed by atoms with Crippen LogP contribution in [0.1, 0.15) is 29.6 Å². The number of amides is 1. The van der Waals surface area contributed by atoms with Gasteiger partial charge >= 0.3 is 0 Å². The van der Waals surface area contributed by atoms with Gasteiger partial charge in [-0.2, -0.15) is 0 Å². The van der Waals surface area contributed by atoms with Gasteiger partial charge in [0.1, 0.15) is 5.75 Å². The molecule has 0 N–H and O–H groups in total. The molecule has 2 aromatic carbocycles. The Hall–Kier alpha value is -3.02. The van der Waals surface area contributed by atoms with Crippen LogP contribution in [0.2, 0.25) is 0 Å². The number of likely N-dealkylation sites (tertiary alicyclic amines) is 1. The van der Waals surface area contributed by atoms with Crippen LogP contribution in [0.4, 0.5) is 0 Å². The molecule has 28 heavy (non-hydrogen) atoms. The maximum Gasteiger partial charge on any atom is 0.231 e. The molecule has 2 heterocycles. The summed E-state index contributed by atoms with van der Waals surface area (Å²) < 4.78 is 16.3. The molecular weight excluding hydrogens is 358 g/mol. The van der Waals surface area contributed by atoms with Crippen LogP contribution < -0.4 is 14.2 Å². The second kappa shape index (κ2) is 8.33. The third-order valence-electron chi connectivity index (χ3n) is 5.13. The fourth-order valence-corrected chi connectivity index (χ4v) is 3.63. The van der Waals surface area contributed by atoms with Gasteiger partial charge in [-0.05, 0) is 43.2 Å². The Labute approximate surface area is 164 Å². The largest absolute Gasteiger partial charge is 0.493 e. The molecule has 1 saturated heterocycles. The quantitative estimate of drug-likeness (QED) is 0.719. The Balaban J connectivity index is 1.32. The van der Waals surface area contributed by atoms with Crippen molar-refractivity contribution in [2.24, 2.45) is 5.92 Å². The van der Waals surface area contributed by atoms with Crippen molar-refractivity contribution in [2.45, 2.75) is 19.3 Å². The summed E-state index contributed by atoms with van der Waals surface area (Å²) in [7, 11) is 0. The first-order valence-electron chi connectivity index (χ1n) is 9.60. The highest BCUT2D eigenvalue weighted by Crippen LogP contribution is 2.33. The summed E-state index contributed by atoms with van der Waals surface area (Å²) in [6, 6.07) is 14.7. The number of ether oxygens (including phenoxy) is 3. The van der Waals surface area contributed by atoms with Crippen molar-refractivity contribution in [3.05, 3.63) is 54.1 Å². The topological polar surface area (TPSA) is 65.1 Å². The second-order valence-corrected chi connectivity index (χ2v) is 7.02. The van der Waals surface area contributed by atoms with Crippen LogP contribution in [-0.2, 0) is 4.79 Å². The predicted molar refractivity (Wildman–Crippen MR) is 103 cm³/mol. The number of rotatable bonds is 6. The minimum absolute atomic E-state index is 0.0270. The zero-order chi connectivity index (χ0) is 19.3. The molecular formula is C22H23NO5. The summed E-state index contributed by atoms with van der Waals surface area (Å²) in [5, 5.41) is 0. The average Bonchev–Trinajstić information content (AvgIpc) is 3.22. The zero-order valence-corrected chi connectivity index (χ0v) is 15.6. The summed E-state index contributed by atoms with van der Waals surface area (Å²) in [6.07, 6.45) is 1.92. The Kier molecular flexibility index (Phi) is 5.46. The summed E-state index contributed by atoms with van der Waals surface area (Å²) in [5.74, 6) is 1.91. The van der Waals surface area contributed by atoms with Crippen LogP contribution in [0, 0.1) is 5.92 Å². The molecule has 1 atom stereocenters. The number of hydrogen-bond acceptors (Lipinski definition) is 5. The van der Waals surface area contributed by atoms with Crippen molar-refractivity contribution < 1.29 is 23.8 Å². The van der Waals surface area contributed by atoms with Crippen molar-refractivity contribution in [3.63, 3.8) is 0 Å². The van der Waals surface area contributed by atoms with Crippen LogP contribution in [0.5, 0.6) is 17.2 Å². The molecule has 146 valence electrons. The number of hydrogen-bond donors (Lipinski definition) is 0. The third kappa shape index (κ3) is 4.11. The summed E-state index contributed by atoms with van der Waals surface area (Å²) >= 11 is 0. The number of carbonyl (C=O) groups is 2. The highest BCUT2D eigenvalue weighted by molar-refractivity contribution is 5.99. The molecule has 0 radical (unpaired) electrons. The zero-order valence-electron chi connectivity index (χ0n) is 15.6. The fraction of sp³-hybridized carbons (Fsp3) is 0.364. The lowest BCUT2D eigenvalue weighted by Gasteiger charge is -2.32. The maximum atomic E-state index is 12.9. The first-order chi connectivity index (χ1) is 13.7. The molecule has 0 aliphatic carbocycles. The van der Waals surface area contributed by atoms with E-state index in [2.05, 4.69) is 0 Å². The van der Waals surface area contributed by atoms with Crippen LogP contribution in [0.15, 0.2) is 48.5 Å². The molecule has 4 rings (SSSR count). The highest BCUT2D eigenvalue weighted by atomic mass is 16.7. The average molecular weight is 381 g/mol. The molecule has 0 spiro atoms. The van der Waals surface area contributed by atoms with E-state index in [-0.39, 0.29) is 24.4 Å². The standard InChI is InChI=1S/C22H23NO5/c24-21(10-12-26-18-6-2-1-3-7-18)23-11-4-5-17(14-23)22(25)16-8-9-19-20(13-16)28-15-27-19/h1-3,6-9,13,17H,4-5,10-12,14-15H2. The number of carbonyl (C=O) groups excluding carboxylic acids is 2. The molecule has 2 aliphatic heterocycles. The highest BCUT2D eigenvalue weighted by Gasteiger charge is 2.29. The molecule has 0 aromatic heterocycles. The Bertz CT molecular complexity index is 851. The van der Waals surface area contributed by atoms with Gasteiger partial charge in [-0.25, -0.2) is 0 Å². The van der Waals surface area contributed by atoms with E-state index in [0.717, 1.165) is 18.6 Å². The number of Topliss-reactive ketones (excluding diaryl/α,β-unsaturated/α-hetero) is 1. The lowest BCUT2D eigenvalue weighted by Crippen LogP contribution is -2.42. The van der Waals surface area contributed by atoms with E-state index in [1.165, 1.54) is 0 Å². The van der Waals surface area contributed by atoms with Crippen molar-refractivity contribution in [2.75, 3.05) is 26.5 Å². The van der Waals surface area contributed by atoms with Crippen LogP contribution in [0.3, 0.4) is 0 Å². The molecule has 2 aliphatic rings. The number of ketones is 1. The van der Waals surface area contributed by atoms with Gasteiger partial charge in [0, 0.05) is 24.6 Å². The summed E-state index contributed by atoms with van der Waals surface area (Å²) in [6.45, 7) is 1.66. The Morgan fingerprint density at radius 3 is 2.75 bits per heavy atom. The number of para-hydroxylation sites is 1. The lowest BCUT2D eigenvalue weighted by molar-refractivity contribution is -0.133. The molecule has 0 bridgehead atoms. The minimum atomic E-state index is -0.187. The van der Waals surface area contributed by atoms with Gasteiger partial charge in [-0.15, -0.1) is 0 Å². The SMILES string of the molecule is O=C(c1ccc2c(c1)OCO2)C1CCCN(C(=O)CCOc2ccccc2)C1. The molecule has 1 amide bonds. The number of piperidine rings is 1. The Morgan fingerprint density at radius 2 is 1.89 bits per heavy atom. The molecule has 6 heteroatoms. The number of fused-ring (bicyclic) bond motifs is 1. The van der Waals surface area contributed by atoms with Crippen molar-refractivity contribution in [1.82, 2.24) is 4.90 Å². The first kappa shape index (κ1) is 18.3. The molecule has 6 nitrogen and oxygen atoms in total. The van der Waals surface area contributed by atoms with Crippen molar-refractivity contribution >= 4 is 11.7 Å². The van der Waals surface area contributed by atoms with Gasteiger partial charge < -0.3 is 19.1 Å². The van der Waals surface area contributed by atoms with Gasteiger partial charge in [0.2, 0.25) is 12.7 Å². The van der Waals surface area contributed by atoms with Crippen molar-refractivity contribution in [1.29, 1.82) is 0 Å². The van der Waals surface area contributed by atoms with E-state index in [9.17, 15) is 9.59 Å². The van der Waals surface area contributed by atoms with Gasteiger partial charge in [-0.1, -0.05) is 18.2 Å². The molecule has 0 saturated carbocycles. The fourth-order valence-electron chi connectivity index (χ4n) is 3.63. The van der Waals surface area contributed by atoms with Crippen molar-refractivity contribution in [3.8, 4) is 17.2 Å². The number of benzene rings is 2. The summed E-state index contributed by atoms with van der Waals surface area (Å²) in [4.78, 5) is 27.2. The number of nitrogens with zero attached hydrogens (tertiary/aromatic N) is 1. The lowest BCUT2D eigenvalue weighted by atomic mass is 9.89. The Morgan fingerprint density at radius 1 is 1.07 bits per heavy atom. The van der Waals surface area contributed by atoms with Crippen LogP contribution in [-0.4, -0.2) is 43.1 Å². The van der Waals surface area contributed by atoms with Gasteiger partial charge in [-0.3, -0.25) is 9.59 Å². The first-order valence-corrected chi connectivity index (χ1v) is 9.60. The van der Waals surface area contributed by atoms with Crippen LogP contribution >= 0.6 is 0 Å². The van der Waals surface area contributed by atoms with E-state index in [1.807, 2.05) is 30.3 Å². The molecule has 1 fully saturated rings. The van der Waals surface area contributed by atoms with E-state index < -0.39 is 0 Å². The monoisotopic (exact) mass is 381 g/mol. The third-order valence-corrected chi connectivity index (χ3v) is 5.13. The maximum absolute atomic E-state index is 12.9. The normalized spacial score (nSPS) is 18.0. The summed E-state index contributed by atoms with van der Waals surface area (Å²) in [5.41, 5.74) is 0.607. The van der Waals surface area contributed by atoms with Gasteiger partial charge in [0.15, 0.2) is 17.3 Å². The van der Waals surface area contributed by atoms with Crippen LogP contribution in [0.25, 0.3) is 0 Å². The van der Waals surface area contributed by atoms with E-state index in [4.69, 9.17) is 14.2 Å². The van der Waals surface area contributed by atoms with E-state index in [1.54, 1.807) is 23.1 Å². The predicted octanol–water partition coefficient (Wildman–Crippen LogP) is 3.31. The second-order valence-electron chi connectivity index (χ2n) is 7.02. The van der Waals surface area contributed by atoms with E-state index in [0.29, 0.717) is 43.2 Å². The molecule has 1 unspecified atom stereocenters. The minimum Gasteiger partial charge on any atom is -0.493 e.